The second-order valence-electron chi connectivity index (χ2n) is 6.64. The second-order valence-corrected chi connectivity index (χ2v) is 6.64. The Hall–Kier alpha value is -2.96. The summed E-state index contributed by atoms with van der Waals surface area (Å²) in [5.74, 6) is 2.03. The standard InChI is InChI=1S/C18H21N3O4/c1-18(2,3)21-17(22)16-13(23-4)7-8-15(20-16)19-11-5-6-12-14(9-11)25-10-24-12/h5-9H,10H2,1-4H3,(H,19,20)(H,21,22). The number of aromatic nitrogens is 1. The molecule has 0 fully saturated rings. The molecule has 0 saturated carbocycles. The molecule has 25 heavy (non-hydrogen) atoms. The molecule has 0 radical (unpaired) electrons. The summed E-state index contributed by atoms with van der Waals surface area (Å²) in [4.78, 5) is 16.9. The molecule has 1 aliphatic heterocycles. The Morgan fingerprint density at radius 1 is 1.16 bits per heavy atom. The molecule has 2 aromatic rings. The summed E-state index contributed by atoms with van der Waals surface area (Å²) < 4.78 is 15.9. The van der Waals surface area contributed by atoms with Crippen LogP contribution in [0.15, 0.2) is 30.3 Å². The Balaban J connectivity index is 1.85. The van der Waals surface area contributed by atoms with E-state index in [1.165, 1.54) is 7.11 Å². The Labute approximate surface area is 146 Å². The quantitative estimate of drug-likeness (QED) is 0.888. The van der Waals surface area contributed by atoms with Gasteiger partial charge in [-0.25, -0.2) is 4.98 Å². The normalized spacial score (nSPS) is 12.6. The number of pyridine rings is 1. The van der Waals surface area contributed by atoms with Crippen molar-refractivity contribution < 1.29 is 19.0 Å². The number of hydrogen-bond acceptors (Lipinski definition) is 6. The zero-order valence-corrected chi connectivity index (χ0v) is 14.7. The monoisotopic (exact) mass is 343 g/mol. The van der Waals surface area contributed by atoms with Gasteiger partial charge in [0, 0.05) is 17.3 Å². The van der Waals surface area contributed by atoms with Gasteiger partial charge in [0.2, 0.25) is 6.79 Å². The first-order valence-corrected chi connectivity index (χ1v) is 7.90. The molecule has 0 atom stereocenters. The number of fused-ring (bicyclic) bond motifs is 1. The van der Waals surface area contributed by atoms with Crippen molar-refractivity contribution in [3.8, 4) is 17.2 Å². The van der Waals surface area contributed by atoms with Gasteiger partial charge in [0.1, 0.15) is 11.6 Å². The van der Waals surface area contributed by atoms with E-state index in [0.717, 1.165) is 5.69 Å². The number of methoxy groups -OCH3 is 1. The highest BCUT2D eigenvalue weighted by Gasteiger charge is 2.21. The fourth-order valence-corrected chi connectivity index (χ4v) is 2.37. The molecular formula is C18H21N3O4. The van der Waals surface area contributed by atoms with Crippen LogP contribution in [0.25, 0.3) is 0 Å². The molecule has 0 unspecified atom stereocenters. The number of ether oxygens (including phenoxy) is 3. The van der Waals surface area contributed by atoms with E-state index >= 15 is 0 Å². The molecule has 1 aromatic carbocycles. The van der Waals surface area contributed by atoms with Crippen LogP contribution in [0.4, 0.5) is 11.5 Å². The van der Waals surface area contributed by atoms with Crippen LogP contribution in [0.5, 0.6) is 17.2 Å². The number of anilines is 2. The third kappa shape index (κ3) is 3.93. The highest BCUT2D eigenvalue weighted by molar-refractivity contribution is 5.95. The summed E-state index contributed by atoms with van der Waals surface area (Å²) in [6.45, 7) is 5.95. The Morgan fingerprint density at radius 3 is 2.64 bits per heavy atom. The number of carbonyl (C=O) groups is 1. The highest BCUT2D eigenvalue weighted by atomic mass is 16.7. The third-order valence-electron chi connectivity index (χ3n) is 3.43. The molecular weight excluding hydrogens is 322 g/mol. The van der Waals surface area contributed by atoms with E-state index in [1.807, 2.05) is 39.0 Å². The average molecular weight is 343 g/mol. The summed E-state index contributed by atoms with van der Waals surface area (Å²) in [7, 11) is 1.51. The van der Waals surface area contributed by atoms with Crippen LogP contribution in [0.3, 0.4) is 0 Å². The first-order chi connectivity index (χ1) is 11.9. The van der Waals surface area contributed by atoms with Gasteiger partial charge in [0.15, 0.2) is 17.2 Å². The van der Waals surface area contributed by atoms with Crippen LogP contribution in [0, 0.1) is 0 Å². The molecule has 2 N–H and O–H groups in total. The Bertz CT molecular complexity index is 799. The summed E-state index contributed by atoms with van der Waals surface area (Å²) in [6, 6.07) is 8.95. The maximum atomic E-state index is 12.5. The number of nitrogens with zero attached hydrogens (tertiary/aromatic N) is 1. The molecule has 1 aromatic heterocycles. The minimum atomic E-state index is -0.371. The lowest BCUT2D eigenvalue weighted by atomic mass is 10.1. The molecule has 7 nitrogen and oxygen atoms in total. The first-order valence-electron chi connectivity index (χ1n) is 7.90. The van der Waals surface area contributed by atoms with E-state index in [2.05, 4.69) is 15.6 Å². The van der Waals surface area contributed by atoms with Gasteiger partial charge < -0.3 is 24.8 Å². The van der Waals surface area contributed by atoms with E-state index in [4.69, 9.17) is 14.2 Å². The Morgan fingerprint density at radius 2 is 1.92 bits per heavy atom. The molecule has 1 aliphatic rings. The van der Waals surface area contributed by atoms with Crippen LogP contribution in [-0.4, -0.2) is 30.3 Å². The summed E-state index contributed by atoms with van der Waals surface area (Å²) in [5.41, 5.74) is 0.636. The number of nitrogens with one attached hydrogen (secondary N) is 2. The number of amides is 1. The van der Waals surface area contributed by atoms with Gasteiger partial charge in [0.05, 0.1) is 7.11 Å². The summed E-state index contributed by atoms with van der Waals surface area (Å²) >= 11 is 0. The van der Waals surface area contributed by atoms with Crippen molar-refractivity contribution in [3.63, 3.8) is 0 Å². The van der Waals surface area contributed by atoms with Crippen LogP contribution in [0.1, 0.15) is 31.3 Å². The van der Waals surface area contributed by atoms with Gasteiger partial charge in [0.25, 0.3) is 5.91 Å². The van der Waals surface area contributed by atoms with Gasteiger partial charge in [-0.05, 0) is 45.0 Å². The smallest absolute Gasteiger partial charge is 0.274 e. The lowest BCUT2D eigenvalue weighted by Gasteiger charge is -2.21. The molecule has 7 heteroatoms. The molecule has 1 amide bonds. The maximum Gasteiger partial charge on any atom is 0.274 e. The van der Waals surface area contributed by atoms with Crippen molar-refractivity contribution in [3.05, 3.63) is 36.0 Å². The highest BCUT2D eigenvalue weighted by Crippen LogP contribution is 2.35. The number of benzene rings is 1. The SMILES string of the molecule is COc1ccc(Nc2ccc3c(c2)OCO3)nc1C(=O)NC(C)(C)C. The minimum Gasteiger partial charge on any atom is -0.494 e. The molecule has 0 saturated heterocycles. The molecule has 0 bridgehead atoms. The van der Waals surface area contributed by atoms with E-state index in [1.54, 1.807) is 12.1 Å². The van der Waals surface area contributed by atoms with Crippen molar-refractivity contribution in [2.24, 2.45) is 0 Å². The lowest BCUT2D eigenvalue weighted by Crippen LogP contribution is -2.41. The van der Waals surface area contributed by atoms with E-state index in [-0.39, 0.29) is 23.9 Å². The van der Waals surface area contributed by atoms with Crippen molar-refractivity contribution in [1.82, 2.24) is 10.3 Å². The fourth-order valence-electron chi connectivity index (χ4n) is 2.37. The maximum absolute atomic E-state index is 12.5. The predicted octanol–water partition coefficient (Wildman–Crippen LogP) is 3.09. The summed E-state index contributed by atoms with van der Waals surface area (Å²) in [6.07, 6.45) is 0. The van der Waals surface area contributed by atoms with Crippen LogP contribution in [-0.2, 0) is 0 Å². The van der Waals surface area contributed by atoms with Crippen molar-refractivity contribution >= 4 is 17.4 Å². The van der Waals surface area contributed by atoms with E-state index in [0.29, 0.717) is 23.1 Å². The van der Waals surface area contributed by atoms with Crippen molar-refractivity contribution in [2.45, 2.75) is 26.3 Å². The third-order valence-corrected chi connectivity index (χ3v) is 3.43. The molecule has 132 valence electrons. The van der Waals surface area contributed by atoms with Gasteiger partial charge in [-0.3, -0.25) is 4.79 Å². The zero-order valence-electron chi connectivity index (χ0n) is 14.7. The number of rotatable bonds is 4. The zero-order chi connectivity index (χ0) is 18.0. The lowest BCUT2D eigenvalue weighted by molar-refractivity contribution is 0.0911. The van der Waals surface area contributed by atoms with Gasteiger partial charge >= 0.3 is 0 Å². The topological polar surface area (TPSA) is 81.7 Å². The molecule has 3 rings (SSSR count). The largest absolute Gasteiger partial charge is 0.494 e. The van der Waals surface area contributed by atoms with Gasteiger partial charge in [-0.1, -0.05) is 0 Å². The van der Waals surface area contributed by atoms with Crippen molar-refractivity contribution in [1.29, 1.82) is 0 Å². The van der Waals surface area contributed by atoms with Crippen LogP contribution >= 0.6 is 0 Å². The van der Waals surface area contributed by atoms with Gasteiger partial charge in [-0.2, -0.15) is 0 Å². The number of hydrogen-bond donors (Lipinski definition) is 2. The van der Waals surface area contributed by atoms with Crippen LogP contribution < -0.4 is 24.8 Å². The Kier molecular flexibility index (Phi) is 4.39. The average Bonchev–Trinajstić information content (AvgIpc) is 3.01. The number of carbonyl (C=O) groups excluding carboxylic acids is 1. The van der Waals surface area contributed by atoms with E-state index < -0.39 is 0 Å². The predicted molar refractivity (Wildman–Crippen MR) is 93.9 cm³/mol. The second kappa shape index (κ2) is 6.51. The summed E-state index contributed by atoms with van der Waals surface area (Å²) in [5, 5.41) is 6.05. The molecule has 2 heterocycles. The fraction of sp³-hybridized carbons (Fsp3) is 0.333. The van der Waals surface area contributed by atoms with E-state index in [9.17, 15) is 4.79 Å². The molecule has 0 spiro atoms. The first kappa shape index (κ1) is 16.9. The van der Waals surface area contributed by atoms with Crippen molar-refractivity contribution in [2.75, 3.05) is 19.2 Å². The van der Waals surface area contributed by atoms with Crippen LogP contribution in [0.2, 0.25) is 0 Å². The minimum absolute atomic E-state index is 0.219. The van der Waals surface area contributed by atoms with Gasteiger partial charge in [-0.15, -0.1) is 0 Å². The molecule has 0 aliphatic carbocycles.